The molecule has 0 bridgehead atoms. The third-order valence-corrected chi connectivity index (χ3v) is 4.90. The SMILES string of the molecule is CCCCN(CCCC)c1ccc(/N=C(/C#N)C(=C(C#N)C#N)c2ccccc2)cc1. The van der Waals surface area contributed by atoms with E-state index in [4.69, 9.17) is 0 Å². The highest BCUT2D eigenvalue weighted by molar-refractivity contribution is 6.33. The Morgan fingerprint density at radius 1 is 0.806 bits per heavy atom. The van der Waals surface area contributed by atoms with E-state index in [0.29, 0.717) is 11.3 Å². The molecule has 0 aliphatic rings. The van der Waals surface area contributed by atoms with Crippen molar-refractivity contribution >= 4 is 22.7 Å². The molecule has 2 aromatic rings. The number of hydrogen-bond donors (Lipinski definition) is 0. The standard InChI is InChI=1S/C26H27N5/c1-3-5-16-31(17-6-4-2)24-14-12-23(13-15-24)30-25(20-29)26(22(18-27)19-28)21-10-8-7-9-11-21/h7-15H,3-6,16-17H2,1-2H3/b30-25-. The van der Waals surface area contributed by atoms with Crippen molar-refractivity contribution in [2.45, 2.75) is 39.5 Å². The Balaban J connectivity index is 2.41. The fraction of sp³-hybridized carbons (Fsp3) is 0.308. The molecule has 0 spiro atoms. The minimum Gasteiger partial charge on any atom is -0.372 e. The van der Waals surface area contributed by atoms with Gasteiger partial charge < -0.3 is 4.90 Å². The molecule has 31 heavy (non-hydrogen) atoms. The molecule has 0 aliphatic heterocycles. The van der Waals surface area contributed by atoms with E-state index < -0.39 is 0 Å². The Labute approximate surface area is 185 Å². The molecule has 0 unspecified atom stereocenters. The van der Waals surface area contributed by atoms with Crippen LogP contribution in [0.1, 0.15) is 45.1 Å². The third-order valence-electron chi connectivity index (χ3n) is 4.90. The lowest BCUT2D eigenvalue weighted by atomic mass is 9.97. The maximum absolute atomic E-state index is 9.75. The van der Waals surface area contributed by atoms with E-state index >= 15 is 0 Å². The maximum atomic E-state index is 9.75. The van der Waals surface area contributed by atoms with Crippen molar-refractivity contribution in [1.82, 2.24) is 0 Å². The molecule has 0 aliphatic carbocycles. The summed E-state index contributed by atoms with van der Waals surface area (Å²) in [7, 11) is 0. The van der Waals surface area contributed by atoms with Crippen molar-refractivity contribution in [2.75, 3.05) is 18.0 Å². The van der Waals surface area contributed by atoms with E-state index in [1.807, 2.05) is 42.5 Å². The van der Waals surface area contributed by atoms with Gasteiger partial charge in [-0.15, -0.1) is 0 Å². The quantitative estimate of drug-likeness (QED) is 0.346. The van der Waals surface area contributed by atoms with Gasteiger partial charge in [-0.05, 0) is 42.7 Å². The molecule has 5 heteroatoms. The molecule has 0 amide bonds. The van der Waals surface area contributed by atoms with Crippen molar-refractivity contribution in [3.05, 3.63) is 65.7 Å². The molecule has 0 saturated heterocycles. The average molecular weight is 410 g/mol. The Bertz CT molecular complexity index is 1000. The van der Waals surface area contributed by atoms with Gasteiger partial charge in [0.15, 0.2) is 5.71 Å². The molecule has 0 saturated carbocycles. The van der Waals surface area contributed by atoms with E-state index in [1.165, 1.54) is 0 Å². The zero-order chi connectivity index (χ0) is 22.5. The second-order valence-electron chi connectivity index (χ2n) is 7.12. The third kappa shape index (κ3) is 6.56. The average Bonchev–Trinajstić information content (AvgIpc) is 2.82. The second kappa shape index (κ2) is 12.6. The number of aliphatic imine (C=N–C) groups is 1. The van der Waals surface area contributed by atoms with Gasteiger partial charge in [-0.1, -0.05) is 57.0 Å². The van der Waals surface area contributed by atoms with Crippen molar-refractivity contribution < 1.29 is 0 Å². The Morgan fingerprint density at radius 2 is 1.39 bits per heavy atom. The maximum Gasteiger partial charge on any atom is 0.151 e. The lowest BCUT2D eigenvalue weighted by Crippen LogP contribution is -2.25. The van der Waals surface area contributed by atoms with Gasteiger partial charge in [0.25, 0.3) is 0 Å². The number of unbranched alkanes of at least 4 members (excludes halogenated alkanes) is 2. The minimum absolute atomic E-state index is 0.0471. The fourth-order valence-electron chi connectivity index (χ4n) is 3.21. The summed E-state index contributed by atoms with van der Waals surface area (Å²) < 4.78 is 0. The van der Waals surface area contributed by atoms with E-state index in [1.54, 1.807) is 24.3 Å². The lowest BCUT2D eigenvalue weighted by molar-refractivity contribution is 0.678. The van der Waals surface area contributed by atoms with Crippen LogP contribution in [0.2, 0.25) is 0 Å². The number of nitrogens with zero attached hydrogens (tertiary/aromatic N) is 5. The molecule has 5 nitrogen and oxygen atoms in total. The number of rotatable bonds is 10. The molecule has 2 aromatic carbocycles. The predicted molar refractivity (Wildman–Crippen MR) is 126 cm³/mol. The predicted octanol–water partition coefficient (Wildman–Crippen LogP) is 6.19. The fourth-order valence-corrected chi connectivity index (χ4v) is 3.21. The summed E-state index contributed by atoms with van der Waals surface area (Å²) in [5.41, 5.74) is 2.52. The molecule has 0 radical (unpaired) electrons. The molecular formula is C26H27N5. The number of allylic oxidation sites excluding steroid dienone is 2. The zero-order valence-corrected chi connectivity index (χ0v) is 18.2. The first-order chi connectivity index (χ1) is 15.2. The first-order valence-corrected chi connectivity index (χ1v) is 10.6. The highest BCUT2D eigenvalue weighted by Crippen LogP contribution is 2.25. The molecule has 0 N–H and O–H groups in total. The van der Waals surface area contributed by atoms with Crippen LogP contribution in [-0.4, -0.2) is 18.8 Å². The minimum atomic E-state index is -0.131. The van der Waals surface area contributed by atoms with E-state index in [-0.39, 0.29) is 16.9 Å². The molecule has 0 fully saturated rings. The van der Waals surface area contributed by atoms with Crippen LogP contribution in [0.5, 0.6) is 0 Å². The Kier molecular flexibility index (Phi) is 9.54. The second-order valence-corrected chi connectivity index (χ2v) is 7.12. The summed E-state index contributed by atoms with van der Waals surface area (Å²) in [6, 6.07) is 22.6. The van der Waals surface area contributed by atoms with Gasteiger partial charge in [0, 0.05) is 24.4 Å². The van der Waals surface area contributed by atoms with Gasteiger partial charge in [-0.25, -0.2) is 4.99 Å². The monoisotopic (exact) mass is 409 g/mol. The molecule has 0 heterocycles. The summed E-state index contributed by atoms with van der Waals surface area (Å²) in [4.78, 5) is 6.85. The van der Waals surface area contributed by atoms with Crippen molar-refractivity contribution in [3.63, 3.8) is 0 Å². The van der Waals surface area contributed by atoms with Crippen molar-refractivity contribution in [2.24, 2.45) is 4.99 Å². The topological polar surface area (TPSA) is 87.0 Å². The molecule has 2 rings (SSSR count). The zero-order valence-electron chi connectivity index (χ0n) is 18.2. The Hall–Kier alpha value is -3.88. The van der Waals surface area contributed by atoms with Crippen LogP contribution >= 0.6 is 0 Å². The van der Waals surface area contributed by atoms with Crippen LogP contribution in [0.3, 0.4) is 0 Å². The summed E-state index contributed by atoms with van der Waals surface area (Å²) in [5.74, 6) is 0. The van der Waals surface area contributed by atoms with Gasteiger partial charge in [0.1, 0.15) is 23.8 Å². The van der Waals surface area contributed by atoms with Crippen LogP contribution in [-0.2, 0) is 0 Å². The lowest BCUT2D eigenvalue weighted by Gasteiger charge is -2.24. The summed E-state index contributed by atoms with van der Waals surface area (Å²) in [6.45, 7) is 6.40. The van der Waals surface area contributed by atoms with Crippen LogP contribution in [0, 0.1) is 34.0 Å². The van der Waals surface area contributed by atoms with Crippen LogP contribution in [0.4, 0.5) is 11.4 Å². The van der Waals surface area contributed by atoms with Gasteiger partial charge in [0.2, 0.25) is 0 Å². The van der Waals surface area contributed by atoms with E-state index in [0.717, 1.165) is 44.5 Å². The number of hydrogen-bond acceptors (Lipinski definition) is 5. The summed E-state index contributed by atoms with van der Waals surface area (Å²) in [5, 5.41) is 28.6. The van der Waals surface area contributed by atoms with E-state index in [9.17, 15) is 15.8 Å². The first-order valence-electron chi connectivity index (χ1n) is 10.6. The number of nitriles is 3. The van der Waals surface area contributed by atoms with Gasteiger partial charge in [0.05, 0.1) is 5.69 Å². The smallest absolute Gasteiger partial charge is 0.151 e. The molecule has 156 valence electrons. The van der Waals surface area contributed by atoms with Crippen molar-refractivity contribution in [3.8, 4) is 18.2 Å². The summed E-state index contributed by atoms with van der Waals surface area (Å²) >= 11 is 0. The van der Waals surface area contributed by atoms with Crippen LogP contribution in [0.25, 0.3) is 5.57 Å². The Morgan fingerprint density at radius 3 is 1.87 bits per heavy atom. The van der Waals surface area contributed by atoms with Crippen LogP contribution < -0.4 is 4.90 Å². The van der Waals surface area contributed by atoms with Crippen molar-refractivity contribution in [1.29, 1.82) is 15.8 Å². The molecule has 0 atom stereocenters. The normalized spacial score (nSPS) is 10.5. The largest absolute Gasteiger partial charge is 0.372 e. The van der Waals surface area contributed by atoms with Crippen LogP contribution in [0.15, 0.2) is 65.2 Å². The van der Waals surface area contributed by atoms with Gasteiger partial charge >= 0.3 is 0 Å². The number of anilines is 1. The number of benzene rings is 2. The highest BCUT2D eigenvalue weighted by Gasteiger charge is 2.16. The van der Waals surface area contributed by atoms with Gasteiger partial charge in [-0.2, -0.15) is 15.8 Å². The van der Waals surface area contributed by atoms with E-state index in [2.05, 4.69) is 29.8 Å². The highest BCUT2D eigenvalue weighted by atomic mass is 15.1. The molecule has 0 aromatic heterocycles. The molecular weight excluding hydrogens is 382 g/mol. The van der Waals surface area contributed by atoms with Gasteiger partial charge in [-0.3, -0.25) is 0 Å². The summed E-state index contributed by atoms with van der Waals surface area (Å²) in [6.07, 6.45) is 4.56. The first kappa shape index (κ1) is 23.4.